The number of hydrogen-bond acceptors (Lipinski definition) is 21. The van der Waals surface area contributed by atoms with Crippen molar-refractivity contribution in [1.82, 2.24) is 58.5 Å². The second-order valence-electron chi connectivity index (χ2n) is 23.0. The molecule has 1 aromatic rings. The summed E-state index contributed by atoms with van der Waals surface area (Å²) in [6.07, 6.45) is -4.04. The predicted molar refractivity (Wildman–Crippen MR) is 333 cm³/mol. The highest BCUT2D eigenvalue weighted by atomic mass is 16.5. The molecule has 90 heavy (non-hydrogen) atoms. The molecule has 31 heteroatoms. The molecule has 2 rings (SSSR count). The van der Waals surface area contributed by atoms with Gasteiger partial charge in [0, 0.05) is 19.4 Å². The van der Waals surface area contributed by atoms with Crippen LogP contribution < -0.4 is 87.2 Å². The van der Waals surface area contributed by atoms with Crippen LogP contribution in [0.5, 0.6) is 0 Å². The highest BCUT2D eigenvalue weighted by molar-refractivity contribution is 5.99. The van der Waals surface area contributed by atoms with Crippen molar-refractivity contribution in [3.05, 3.63) is 35.9 Å². The van der Waals surface area contributed by atoms with Crippen LogP contribution in [-0.2, 0) is 63.9 Å². The summed E-state index contributed by atoms with van der Waals surface area (Å²) in [7, 11) is 0. The van der Waals surface area contributed by atoms with Gasteiger partial charge in [-0.2, -0.15) is 0 Å². The van der Waals surface area contributed by atoms with E-state index in [1.54, 1.807) is 44.2 Å². The molecule has 1 aromatic carbocycles. The molecule has 1 heterocycles. The average Bonchev–Trinajstić information content (AvgIpc) is 1.82. The molecule has 0 bridgehead atoms. The van der Waals surface area contributed by atoms with Crippen molar-refractivity contribution in [2.45, 2.75) is 223 Å². The molecule has 0 spiro atoms. The van der Waals surface area contributed by atoms with Crippen molar-refractivity contribution in [3.8, 4) is 0 Å². The largest absolute Gasteiger partial charge is 0.462 e. The molecule has 0 aromatic heterocycles. The molecular formula is C59H104N16O15. The minimum atomic E-state index is -1.79. The van der Waals surface area contributed by atoms with Gasteiger partial charge in [-0.15, -0.1) is 0 Å². The zero-order valence-electron chi connectivity index (χ0n) is 53.0. The zero-order chi connectivity index (χ0) is 67.5. The number of esters is 1. The second-order valence-corrected chi connectivity index (χ2v) is 23.0. The Morgan fingerprint density at radius 2 is 1.10 bits per heavy atom. The van der Waals surface area contributed by atoms with E-state index in [9.17, 15) is 68.1 Å². The third kappa shape index (κ3) is 28.9. The van der Waals surface area contributed by atoms with E-state index in [2.05, 4.69) is 58.5 Å². The third-order valence-electron chi connectivity index (χ3n) is 14.7. The van der Waals surface area contributed by atoms with Gasteiger partial charge in [-0.3, -0.25) is 58.1 Å². The van der Waals surface area contributed by atoms with Gasteiger partial charge >= 0.3 is 5.97 Å². The van der Waals surface area contributed by atoms with Crippen LogP contribution in [-0.4, -0.2) is 205 Å². The fraction of sp³-hybridized carbons (Fsp3) is 0.712. The Labute approximate surface area is 527 Å². The molecule has 31 nitrogen and oxygen atoms in total. The van der Waals surface area contributed by atoms with Gasteiger partial charge in [0.1, 0.15) is 66.7 Å². The molecule has 1 aliphatic rings. The van der Waals surface area contributed by atoms with E-state index in [0.29, 0.717) is 18.4 Å². The quantitative estimate of drug-likeness (QED) is 0.0300. The van der Waals surface area contributed by atoms with Crippen LogP contribution in [0.25, 0.3) is 0 Å². The van der Waals surface area contributed by atoms with Crippen molar-refractivity contribution in [1.29, 1.82) is 0 Å². The van der Waals surface area contributed by atoms with E-state index >= 15 is 0 Å². The summed E-state index contributed by atoms with van der Waals surface area (Å²) >= 11 is 0. The van der Waals surface area contributed by atoms with Crippen molar-refractivity contribution in [2.24, 2.45) is 34.6 Å². The van der Waals surface area contributed by atoms with Gasteiger partial charge in [0.25, 0.3) is 0 Å². The Balaban J connectivity index is 2.66. The predicted octanol–water partition coefficient (Wildman–Crippen LogP) is -5.38. The first-order valence-corrected chi connectivity index (χ1v) is 31.3. The molecule has 2 unspecified atom stereocenters. The minimum absolute atomic E-state index is 0.0366. The van der Waals surface area contributed by atoms with E-state index in [-0.39, 0.29) is 115 Å². The number of carbonyl (C=O) groups excluding carboxylic acids is 11. The first kappa shape index (κ1) is 79.1. The number of aliphatic hydroxyl groups is 3. The lowest BCUT2D eigenvalue weighted by Crippen LogP contribution is -2.62. The smallest absolute Gasteiger partial charge is 0.306 e. The molecule has 0 aliphatic carbocycles. The SMILES string of the molecule is CCCC(CCC)OC(=O)CCC(=O)N[C@@H](CCN)C(=O)N[C@H](C(=O)N[C@@H](CCN)C(=O)N[C@H]1CCNC(O)[C@H]([C@H](C)O)NC(=O)[C@H](CCCN)NC(=O)[C@H](CCN)NC(=O)[C@H](CC(C)C)NC(=O)[C@@H](Cc2ccccc2)NC(=O)[C@H](CCN)NC1=O)C(C)O. The second kappa shape index (κ2) is 42.9. The maximum absolute atomic E-state index is 14.6. The van der Waals surface area contributed by atoms with Crippen LogP contribution >= 0.6 is 0 Å². The van der Waals surface area contributed by atoms with Crippen LogP contribution in [0, 0.1) is 5.92 Å². The van der Waals surface area contributed by atoms with Gasteiger partial charge in [0.15, 0.2) is 0 Å². The van der Waals surface area contributed by atoms with Crippen LogP contribution in [0.15, 0.2) is 30.3 Å². The first-order chi connectivity index (χ1) is 42.8. The normalized spacial score (nSPS) is 22.8. The summed E-state index contributed by atoms with van der Waals surface area (Å²) in [4.78, 5) is 154. The van der Waals surface area contributed by atoms with E-state index in [1.807, 2.05) is 13.8 Å². The summed E-state index contributed by atoms with van der Waals surface area (Å²) in [5.74, 6) is -9.87. The van der Waals surface area contributed by atoms with E-state index in [0.717, 1.165) is 12.8 Å². The first-order valence-electron chi connectivity index (χ1n) is 31.3. The van der Waals surface area contributed by atoms with Gasteiger partial charge in [-0.1, -0.05) is 70.9 Å². The molecule has 10 amide bonds. The summed E-state index contributed by atoms with van der Waals surface area (Å²) < 4.78 is 5.52. The molecule has 24 N–H and O–H groups in total. The van der Waals surface area contributed by atoms with E-state index in [1.165, 1.54) is 13.8 Å². The Morgan fingerprint density at radius 3 is 1.62 bits per heavy atom. The number of ether oxygens (including phenoxy) is 1. The summed E-state index contributed by atoms with van der Waals surface area (Å²) in [6.45, 7) is 8.96. The van der Waals surface area contributed by atoms with Crippen LogP contribution in [0.3, 0.4) is 0 Å². The lowest BCUT2D eigenvalue weighted by atomic mass is 10.00. The number of nitrogens with one attached hydrogen (secondary N) is 11. The third-order valence-corrected chi connectivity index (χ3v) is 14.7. The van der Waals surface area contributed by atoms with Gasteiger partial charge in [-0.05, 0) is 122 Å². The van der Waals surface area contributed by atoms with Gasteiger partial charge in [0.2, 0.25) is 59.1 Å². The van der Waals surface area contributed by atoms with Crippen LogP contribution in [0.2, 0.25) is 0 Å². The molecule has 1 aliphatic heterocycles. The van der Waals surface area contributed by atoms with Crippen molar-refractivity contribution >= 4 is 65.0 Å². The molecule has 13 atom stereocenters. The lowest BCUT2D eigenvalue weighted by molar-refractivity contribution is -0.151. The Hall–Kier alpha value is -6.97. The summed E-state index contributed by atoms with van der Waals surface area (Å²) in [6, 6.07) is -6.22. The monoisotopic (exact) mass is 1280 g/mol. The van der Waals surface area contributed by atoms with E-state index in [4.69, 9.17) is 33.4 Å². The number of carbonyl (C=O) groups is 11. The van der Waals surface area contributed by atoms with Gasteiger partial charge in [-0.25, -0.2) is 0 Å². The molecular weight excluding hydrogens is 1170 g/mol. The maximum atomic E-state index is 14.6. The van der Waals surface area contributed by atoms with Gasteiger partial charge in [0.05, 0.1) is 24.7 Å². The Bertz CT molecular complexity index is 2420. The van der Waals surface area contributed by atoms with Crippen molar-refractivity contribution in [3.63, 3.8) is 0 Å². The fourth-order valence-corrected chi connectivity index (χ4v) is 9.78. The number of benzene rings is 1. The molecule has 1 saturated heterocycles. The minimum Gasteiger partial charge on any atom is -0.462 e. The number of nitrogens with two attached hydrogens (primary N) is 5. The van der Waals surface area contributed by atoms with E-state index < -0.39 is 150 Å². The highest BCUT2D eigenvalue weighted by Crippen LogP contribution is 2.14. The summed E-state index contributed by atoms with van der Waals surface area (Å²) in [5, 5.41) is 61.6. The maximum Gasteiger partial charge on any atom is 0.306 e. The number of hydrogen-bond donors (Lipinski definition) is 19. The lowest BCUT2D eigenvalue weighted by Gasteiger charge is -2.31. The van der Waals surface area contributed by atoms with Crippen molar-refractivity contribution in [2.75, 3.05) is 39.3 Å². The number of rotatable bonds is 32. The molecule has 1 fully saturated rings. The number of aliphatic hydroxyl groups excluding tert-OH is 3. The average molecular weight is 1280 g/mol. The molecule has 510 valence electrons. The standard InChI is InChI=1S/C59H104N16O15/c1-7-13-37(14-8-2)90-47(79)19-18-46(78)66-39(20-26-61)55(85)75-49(35(6)77)59(89)71-42(23-29-64)51(81)70-43-24-30-65-58(88)48(34(5)76)74-54(84)38(17-12-25-60)67-50(80)40(21-27-62)69-56(86)44(31-33(3)4)72-57(87)45(32-36-15-10-9-11-16-36)73-52(82)41(22-28-63)68-53(43)83/h9-11,15-16,33-35,37-45,48-49,58,65,76-77,88H,7-8,12-14,17-32,60-64H2,1-6H3,(H,66,78)(H,67,80)(H,68,83)(H,69,86)(H,70,81)(H,71,89)(H,72,87)(H,73,82)(H,74,84)(H,75,85)/t34-,35?,38-,39-,40-,41-,42-,43-,44-,45+,48-,49-,58?/m0/s1. The number of amides is 10. The van der Waals surface area contributed by atoms with Crippen molar-refractivity contribution < 1.29 is 72.8 Å². The highest BCUT2D eigenvalue weighted by Gasteiger charge is 2.38. The molecule has 0 saturated carbocycles. The van der Waals surface area contributed by atoms with Gasteiger partial charge < -0.3 is 102 Å². The Morgan fingerprint density at radius 1 is 0.589 bits per heavy atom. The van der Waals surface area contributed by atoms with Crippen LogP contribution in [0.1, 0.15) is 137 Å². The summed E-state index contributed by atoms with van der Waals surface area (Å²) in [5.41, 5.74) is 30.0. The molecule has 0 radical (unpaired) electrons. The fourth-order valence-electron chi connectivity index (χ4n) is 9.78. The van der Waals surface area contributed by atoms with Crippen LogP contribution in [0.4, 0.5) is 0 Å². The topological polar surface area (TPSA) is 520 Å². The Kier molecular flexibility index (Phi) is 37.7. The zero-order valence-corrected chi connectivity index (χ0v) is 53.0.